The fourth-order valence-corrected chi connectivity index (χ4v) is 2.83. The van der Waals surface area contributed by atoms with Crippen molar-refractivity contribution in [2.45, 2.75) is 0 Å². The Labute approximate surface area is 125 Å². The van der Waals surface area contributed by atoms with Gasteiger partial charge in [0.1, 0.15) is 0 Å². The molecular formula is C16H13N3OS. The average molecular weight is 295 g/mol. The Hall–Kier alpha value is -2.66. The smallest absolute Gasteiger partial charge is 0.280 e. The predicted octanol–water partition coefficient (Wildman–Crippen LogP) is 2.98. The Bertz CT molecular complexity index is 834. The molecule has 0 atom stereocenters. The van der Waals surface area contributed by atoms with Gasteiger partial charge in [0, 0.05) is 5.56 Å². The number of benzene rings is 2. The first-order valence-corrected chi connectivity index (χ1v) is 7.28. The van der Waals surface area contributed by atoms with Crippen molar-refractivity contribution in [2.24, 2.45) is 16.5 Å². The molecule has 4 N–H and O–H groups in total. The van der Waals surface area contributed by atoms with Crippen LogP contribution in [0.4, 0.5) is 0 Å². The summed E-state index contributed by atoms with van der Waals surface area (Å²) in [5.74, 6) is -0.660. The summed E-state index contributed by atoms with van der Waals surface area (Å²) >= 11 is 1.67. The van der Waals surface area contributed by atoms with Gasteiger partial charge in [-0.1, -0.05) is 18.2 Å². The summed E-state index contributed by atoms with van der Waals surface area (Å²) in [6.07, 6.45) is 0. The number of fused-ring (bicyclic) bond motifs is 1. The number of nitrogens with zero attached hydrogens (tertiary/aromatic N) is 1. The fourth-order valence-electron chi connectivity index (χ4n) is 2.17. The van der Waals surface area contributed by atoms with Gasteiger partial charge >= 0.3 is 0 Å². The zero-order valence-corrected chi connectivity index (χ0v) is 11.9. The van der Waals surface area contributed by atoms with Crippen LogP contribution in [-0.2, 0) is 0 Å². The van der Waals surface area contributed by atoms with E-state index in [9.17, 15) is 4.79 Å². The van der Waals surface area contributed by atoms with Crippen LogP contribution >= 0.6 is 11.3 Å². The largest absolute Gasteiger partial charge is 0.370 e. The molecule has 0 fully saturated rings. The van der Waals surface area contributed by atoms with E-state index in [2.05, 4.69) is 27.9 Å². The zero-order valence-electron chi connectivity index (χ0n) is 11.1. The Morgan fingerprint density at radius 2 is 1.71 bits per heavy atom. The number of aliphatic imine (C=N–C) groups is 1. The van der Waals surface area contributed by atoms with Gasteiger partial charge in [-0.15, -0.1) is 0 Å². The average Bonchev–Trinajstić information content (AvgIpc) is 2.99. The third kappa shape index (κ3) is 2.78. The Morgan fingerprint density at radius 3 is 2.43 bits per heavy atom. The van der Waals surface area contributed by atoms with Crippen LogP contribution in [0.15, 0.2) is 58.2 Å². The van der Waals surface area contributed by atoms with Gasteiger partial charge in [-0.2, -0.15) is 16.3 Å². The van der Waals surface area contributed by atoms with E-state index in [1.807, 2.05) is 18.2 Å². The lowest BCUT2D eigenvalue weighted by Crippen LogP contribution is -2.24. The van der Waals surface area contributed by atoms with E-state index < -0.39 is 5.91 Å². The Kier molecular flexibility index (Phi) is 3.41. The van der Waals surface area contributed by atoms with Crippen LogP contribution in [0.25, 0.3) is 21.9 Å². The molecule has 5 heteroatoms. The van der Waals surface area contributed by atoms with E-state index in [1.165, 1.54) is 5.56 Å². The minimum absolute atomic E-state index is 0.229. The summed E-state index contributed by atoms with van der Waals surface area (Å²) in [4.78, 5) is 15.4. The lowest BCUT2D eigenvalue weighted by Gasteiger charge is -2.04. The maximum Gasteiger partial charge on any atom is 0.280 e. The third-order valence-corrected chi connectivity index (χ3v) is 3.86. The molecule has 104 valence electrons. The molecule has 0 bridgehead atoms. The molecular weight excluding hydrogens is 282 g/mol. The number of guanidine groups is 1. The second-order valence-corrected chi connectivity index (χ2v) is 5.41. The van der Waals surface area contributed by atoms with E-state index in [-0.39, 0.29) is 5.96 Å². The highest BCUT2D eigenvalue weighted by Gasteiger charge is 2.06. The number of hydrogen-bond donors (Lipinski definition) is 2. The van der Waals surface area contributed by atoms with Crippen molar-refractivity contribution in [1.82, 2.24) is 0 Å². The molecule has 21 heavy (non-hydrogen) atoms. The topological polar surface area (TPSA) is 81.5 Å². The lowest BCUT2D eigenvalue weighted by molar-refractivity contribution is 0.100. The molecule has 0 aliphatic carbocycles. The van der Waals surface area contributed by atoms with E-state index >= 15 is 0 Å². The van der Waals surface area contributed by atoms with Gasteiger partial charge in [0.15, 0.2) is 5.96 Å². The molecule has 3 rings (SSSR count). The van der Waals surface area contributed by atoms with Crippen LogP contribution in [0.3, 0.4) is 0 Å². The van der Waals surface area contributed by atoms with Crippen molar-refractivity contribution < 1.29 is 4.79 Å². The highest BCUT2D eigenvalue weighted by Crippen LogP contribution is 2.26. The molecule has 0 radical (unpaired) electrons. The van der Waals surface area contributed by atoms with E-state index in [4.69, 9.17) is 11.5 Å². The standard InChI is InChI=1S/C16H13N3OS/c17-16(18)19-15(20)13-4-3-10-7-12(2-1-11(10)8-13)14-5-6-21-9-14/h1-9H,(H4,17,18,19,20). The normalized spacial score (nSPS) is 10.5. The maximum atomic E-state index is 11.8. The first kappa shape index (κ1) is 13.3. The van der Waals surface area contributed by atoms with Gasteiger partial charge in [-0.3, -0.25) is 4.79 Å². The van der Waals surface area contributed by atoms with Gasteiger partial charge in [0.05, 0.1) is 0 Å². The second-order valence-electron chi connectivity index (χ2n) is 4.63. The van der Waals surface area contributed by atoms with Crippen molar-refractivity contribution in [3.8, 4) is 11.1 Å². The van der Waals surface area contributed by atoms with Crippen LogP contribution in [-0.4, -0.2) is 11.9 Å². The first-order chi connectivity index (χ1) is 10.1. The molecule has 0 spiro atoms. The van der Waals surface area contributed by atoms with Crippen LogP contribution in [0.5, 0.6) is 0 Å². The molecule has 2 aromatic carbocycles. The van der Waals surface area contributed by atoms with Crippen molar-refractivity contribution in [1.29, 1.82) is 0 Å². The van der Waals surface area contributed by atoms with Crippen LogP contribution < -0.4 is 11.5 Å². The molecule has 0 unspecified atom stereocenters. The summed E-state index contributed by atoms with van der Waals surface area (Å²) in [6, 6.07) is 13.7. The summed E-state index contributed by atoms with van der Waals surface area (Å²) in [5, 5.41) is 6.21. The predicted molar refractivity (Wildman–Crippen MR) is 87.4 cm³/mol. The monoisotopic (exact) mass is 295 g/mol. The minimum Gasteiger partial charge on any atom is -0.370 e. The van der Waals surface area contributed by atoms with E-state index in [0.717, 1.165) is 16.3 Å². The van der Waals surface area contributed by atoms with Gasteiger partial charge in [0.2, 0.25) is 0 Å². The molecule has 0 aliphatic rings. The SMILES string of the molecule is NC(N)=NC(=O)c1ccc2cc(-c3ccsc3)ccc2c1. The molecule has 0 saturated carbocycles. The summed E-state index contributed by atoms with van der Waals surface area (Å²) in [6.45, 7) is 0. The van der Waals surface area contributed by atoms with Crippen molar-refractivity contribution in [3.05, 3.63) is 58.8 Å². The third-order valence-electron chi connectivity index (χ3n) is 3.17. The molecule has 3 aromatic rings. The first-order valence-electron chi connectivity index (χ1n) is 6.34. The summed E-state index contributed by atoms with van der Waals surface area (Å²) < 4.78 is 0. The van der Waals surface area contributed by atoms with Gasteiger partial charge < -0.3 is 11.5 Å². The van der Waals surface area contributed by atoms with Crippen LogP contribution in [0, 0.1) is 0 Å². The van der Waals surface area contributed by atoms with Crippen LogP contribution in [0.1, 0.15) is 10.4 Å². The van der Waals surface area contributed by atoms with Gasteiger partial charge in [0.25, 0.3) is 5.91 Å². The molecule has 1 aromatic heterocycles. The van der Waals surface area contributed by atoms with Gasteiger partial charge in [-0.25, -0.2) is 0 Å². The fraction of sp³-hybridized carbons (Fsp3) is 0. The molecule has 4 nitrogen and oxygen atoms in total. The Balaban J connectivity index is 2.02. The molecule has 0 aliphatic heterocycles. The van der Waals surface area contributed by atoms with Crippen molar-refractivity contribution >= 4 is 34.0 Å². The number of hydrogen-bond acceptors (Lipinski definition) is 2. The van der Waals surface area contributed by atoms with Crippen molar-refractivity contribution in [2.75, 3.05) is 0 Å². The quantitative estimate of drug-likeness (QED) is 0.563. The lowest BCUT2D eigenvalue weighted by atomic mass is 10.0. The number of rotatable bonds is 2. The minimum atomic E-state index is -0.432. The maximum absolute atomic E-state index is 11.8. The molecule has 1 heterocycles. The second kappa shape index (κ2) is 5.38. The number of carbonyl (C=O) groups excluding carboxylic acids is 1. The van der Waals surface area contributed by atoms with Crippen molar-refractivity contribution in [3.63, 3.8) is 0 Å². The molecule has 1 amide bonds. The number of amides is 1. The number of carbonyl (C=O) groups is 1. The van der Waals surface area contributed by atoms with E-state index in [1.54, 1.807) is 23.5 Å². The molecule has 0 saturated heterocycles. The number of nitrogens with two attached hydrogens (primary N) is 2. The highest BCUT2D eigenvalue weighted by molar-refractivity contribution is 7.08. The Morgan fingerprint density at radius 1 is 0.952 bits per heavy atom. The summed E-state index contributed by atoms with van der Waals surface area (Å²) in [7, 11) is 0. The zero-order chi connectivity index (χ0) is 14.8. The number of thiophene rings is 1. The van der Waals surface area contributed by atoms with Crippen LogP contribution in [0.2, 0.25) is 0 Å². The highest BCUT2D eigenvalue weighted by atomic mass is 32.1. The summed E-state index contributed by atoms with van der Waals surface area (Å²) in [5.41, 5.74) is 13.3. The van der Waals surface area contributed by atoms with Gasteiger partial charge in [-0.05, 0) is 56.9 Å². The van der Waals surface area contributed by atoms with E-state index in [0.29, 0.717) is 5.56 Å².